The fourth-order valence-corrected chi connectivity index (χ4v) is 3.50. The molecule has 1 atom stereocenters. The Bertz CT molecular complexity index is 960. The number of aliphatic hydroxyl groups is 1. The predicted molar refractivity (Wildman–Crippen MR) is 114 cm³/mol. The van der Waals surface area contributed by atoms with Crippen LogP contribution in [-0.4, -0.2) is 42.0 Å². The fourth-order valence-electron chi connectivity index (χ4n) is 3.50. The second kappa shape index (κ2) is 9.31. The monoisotopic (exact) mass is 407 g/mol. The van der Waals surface area contributed by atoms with Gasteiger partial charge in [0.1, 0.15) is 23.9 Å². The normalized spacial score (nSPS) is 17.8. The van der Waals surface area contributed by atoms with Gasteiger partial charge in [-0.25, -0.2) is 0 Å². The van der Waals surface area contributed by atoms with Crippen molar-refractivity contribution >= 4 is 17.4 Å². The summed E-state index contributed by atoms with van der Waals surface area (Å²) in [5.74, 6) is -0.215. The third-order valence-corrected chi connectivity index (χ3v) is 4.93. The van der Waals surface area contributed by atoms with E-state index in [1.54, 1.807) is 61.7 Å². The number of methoxy groups -OCH3 is 1. The third kappa shape index (κ3) is 4.08. The number of hydrogen-bond donors (Lipinski definition) is 1. The van der Waals surface area contributed by atoms with Crippen molar-refractivity contribution < 1.29 is 24.2 Å². The largest absolute Gasteiger partial charge is 0.507 e. The molecule has 30 heavy (non-hydrogen) atoms. The number of carbonyl (C=O) groups excluding carboxylic acids is 2. The molecule has 1 aliphatic heterocycles. The van der Waals surface area contributed by atoms with E-state index >= 15 is 0 Å². The van der Waals surface area contributed by atoms with Gasteiger partial charge in [-0.1, -0.05) is 31.7 Å². The molecule has 0 spiro atoms. The lowest BCUT2D eigenvalue weighted by molar-refractivity contribution is -0.139. The third-order valence-electron chi connectivity index (χ3n) is 4.93. The summed E-state index contributed by atoms with van der Waals surface area (Å²) in [7, 11) is 1.57. The molecule has 1 aliphatic rings. The molecule has 1 fully saturated rings. The number of amides is 1. The molecule has 0 aromatic heterocycles. The zero-order valence-corrected chi connectivity index (χ0v) is 17.1. The van der Waals surface area contributed by atoms with Crippen molar-refractivity contribution in [3.05, 3.63) is 77.9 Å². The molecule has 6 nitrogen and oxygen atoms in total. The number of aliphatic hydroxyl groups excluding tert-OH is 1. The number of carbonyl (C=O) groups is 2. The fraction of sp³-hybridized carbons (Fsp3) is 0.250. The van der Waals surface area contributed by atoms with Gasteiger partial charge in [0.05, 0.1) is 18.7 Å². The van der Waals surface area contributed by atoms with E-state index in [1.165, 1.54) is 4.90 Å². The molecular weight excluding hydrogens is 382 g/mol. The zero-order valence-electron chi connectivity index (χ0n) is 17.1. The minimum atomic E-state index is -0.686. The van der Waals surface area contributed by atoms with Crippen molar-refractivity contribution in [2.24, 2.45) is 0 Å². The van der Waals surface area contributed by atoms with Crippen LogP contribution in [0.25, 0.3) is 5.76 Å². The van der Waals surface area contributed by atoms with Crippen LogP contribution in [0.4, 0.5) is 0 Å². The SMILES string of the molecule is C=CCOc1ccc(C(O)=C2C(=O)C(=O)N(CCC)[C@H]2c2ccc(OC)cc2)cc1. The Hall–Kier alpha value is -3.54. The maximum absolute atomic E-state index is 12.9. The van der Waals surface area contributed by atoms with Gasteiger partial charge in [0.15, 0.2) is 0 Å². The highest BCUT2D eigenvalue weighted by Gasteiger charge is 2.45. The van der Waals surface area contributed by atoms with Gasteiger partial charge in [-0.05, 0) is 48.4 Å². The Morgan fingerprint density at radius 3 is 2.30 bits per heavy atom. The number of hydrogen-bond acceptors (Lipinski definition) is 5. The Labute approximate surface area is 176 Å². The summed E-state index contributed by atoms with van der Waals surface area (Å²) < 4.78 is 10.7. The van der Waals surface area contributed by atoms with Crippen LogP contribution in [0.3, 0.4) is 0 Å². The Morgan fingerprint density at radius 1 is 1.10 bits per heavy atom. The Kier molecular flexibility index (Phi) is 6.57. The number of nitrogens with zero attached hydrogens (tertiary/aromatic N) is 1. The highest BCUT2D eigenvalue weighted by molar-refractivity contribution is 6.46. The summed E-state index contributed by atoms with van der Waals surface area (Å²) >= 11 is 0. The molecule has 0 saturated carbocycles. The molecule has 1 heterocycles. The van der Waals surface area contributed by atoms with Gasteiger partial charge in [0.25, 0.3) is 11.7 Å². The number of likely N-dealkylation sites (tertiary alicyclic amines) is 1. The molecule has 3 rings (SSSR count). The molecule has 1 amide bonds. The summed E-state index contributed by atoms with van der Waals surface area (Å²) in [4.78, 5) is 27.1. The first-order chi connectivity index (χ1) is 14.5. The second-order valence-corrected chi connectivity index (χ2v) is 6.89. The van der Waals surface area contributed by atoms with Gasteiger partial charge in [-0.2, -0.15) is 0 Å². The first-order valence-corrected chi connectivity index (χ1v) is 9.78. The van der Waals surface area contributed by atoms with E-state index in [9.17, 15) is 14.7 Å². The summed E-state index contributed by atoms with van der Waals surface area (Å²) in [5.41, 5.74) is 1.25. The molecule has 0 unspecified atom stereocenters. The molecule has 0 radical (unpaired) electrons. The van der Waals surface area contributed by atoms with Crippen molar-refractivity contribution in [3.63, 3.8) is 0 Å². The number of Topliss-reactive ketones (excluding diaryl/α,β-unsaturated/α-hetero) is 1. The molecular formula is C24H25NO5. The van der Waals surface area contributed by atoms with Gasteiger partial charge in [-0.3, -0.25) is 9.59 Å². The van der Waals surface area contributed by atoms with Gasteiger partial charge < -0.3 is 19.5 Å². The first-order valence-electron chi connectivity index (χ1n) is 9.78. The Morgan fingerprint density at radius 2 is 1.73 bits per heavy atom. The first kappa shape index (κ1) is 21.2. The van der Waals surface area contributed by atoms with Crippen LogP contribution in [0.2, 0.25) is 0 Å². The van der Waals surface area contributed by atoms with E-state index in [-0.39, 0.29) is 11.3 Å². The van der Waals surface area contributed by atoms with Crippen molar-refractivity contribution in [2.45, 2.75) is 19.4 Å². The van der Waals surface area contributed by atoms with Crippen molar-refractivity contribution in [1.82, 2.24) is 4.90 Å². The van der Waals surface area contributed by atoms with Crippen molar-refractivity contribution in [2.75, 3.05) is 20.3 Å². The summed E-state index contributed by atoms with van der Waals surface area (Å²) in [6.45, 7) is 6.32. The molecule has 6 heteroatoms. The minimum absolute atomic E-state index is 0.0818. The average molecular weight is 407 g/mol. The van der Waals surface area contributed by atoms with Gasteiger partial charge in [-0.15, -0.1) is 0 Å². The van der Waals surface area contributed by atoms with E-state index in [4.69, 9.17) is 9.47 Å². The summed E-state index contributed by atoms with van der Waals surface area (Å²) in [6, 6.07) is 13.2. The number of ether oxygens (including phenoxy) is 2. The highest BCUT2D eigenvalue weighted by Crippen LogP contribution is 2.40. The quantitative estimate of drug-likeness (QED) is 0.309. The molecule has 2 aromatic rings. The van der Waals surface area contributed by atoms with Crippen LogP contribution in [0, 0.1) is 0 Å². The van der Waals surface area contributed by atoms with Crippen LogP contribution in [0.5, 0.6) is 11.5 Å². The predicted octanol–water partition coefficient (Wildman–Crippen LogP) is 4.09. The smallest absolute Gasteiger partial charge is 0.295 e. The van der Waals surface area contributed by atoms with E-state index in [0.717, 1.165) is 5.56 Å². The van der Waals surface area contributed by atoms with Gasteiger partial charge in [0.2, 0.25) is 0 Å². The van der Waals surface area contributed by atoms with E-state index in [0.29, 0.717) is 36.6 Å². The highest BCUT2D eigenvalue weighted by atomic mass is 16.5. The maximum Gasteiger partial charge on any atom is 0.295 e. The van der Waals surface area contributed by atoms with Crippen molar-refractivity contribution in [3.8, 4) is 11.5 Å². The molecule has 2 aromatic carbocycles. The van der Waals surface area contributed by atoms with Gasteiger partial charge >= 0.3 is 0 Å². The van der Waals surface area contributed by atoms with Crippen LogP contribution >= 0.6 is 0 Å². The lowest BCUT2D eigenvalue weighted by atomic mass is 9.95. The van der Waals surface area contributed by atoms with E-state index < -0.39 is 17.7 Å². The number of rotatable bonds is 8. The molecule has 0 aliphatic carbocycles. The van der Waals surface area contributed by atoms with E-state index in [1.807, 2.05) is 6.92 Å². The molecule has 1 N–H and O–H groups in total. The second-order valence-electron chi connectivity index (χ2n) is 6.89. The van der Waals surface area contributed by atoms with Crippen LogP contribution in [0.15, 0.2) is 66.8 Å². The zero-order chi connectivity index (χ0) is 21.7. The number of ketones is 1. The van der Waals surface area contributed by atoms with E-state index in [2.05, 4.69) is 6.58 Å². The van der Waals surface area contributed by atoms with Crippen LogP contribution in [-0.2, 0) is 9.59 Å². The maximum atomic E-state index is 12.9. The Balaban J connectivity index is 2.06. The summed E-state index contributed by atoms with van der Waals surface area (Å²) in [5, 5.41) is 11.0. The summed E-state index contributed by atoms with van der Waals surface area (Å²) in [6.07, 6.45) is 2.33. The number of benzene rings is 2. The van der Waals surface area contributed by atoms with Crippen molar-refractivity contribution in [1.29, 1.82) is 0 Å². The lowest BCUT2D eigenvalue weighted by Gasteiger charge is -2.25. The minimum Gasteiger partial charge on any atom is -0.507 e. The molecule has 156 valence electrons. The van der Waals surface area contributed by atoms with Crippen LogP contribution < -0.4 is 9.47 Å². The lowest BCUT2D eigenvalue weighted by Crippen LogP contribution is -2.30. The standard InChI is InChI=1S/C24H25NO5/c1-4-14-25-21(16-6-10-18(29-3)11-7-16)20(23(27)24(25)28)22(26)17-8-12-19(13-9-17)30-15-5-2/h5-13,21,26H,2,4,14-15H2,1,3H3/t21-/m0/s1. The molecule has 1 saturated heterocycles. The van der Waals surface area contributed by atoms with Gasteiger partial charge in [0, 0.05) is 12.1 Å². The molecule has 0 bridgehead atoms. The average Bonchev–Trinajstić information content (AvgIpc) is 3.03. The van der Waals surface area contributed by atoms with Crippen LogP contribution in [0.1, 0.15) is 30.5 Å². The topological polar surface area (TPSA) is 76.1 Å².